The third kappa shape index (κ3) is 2.94. The first-order chi connectivity index (χ1) is 11.6. The summed E-state index contributed by atoms with van der Waals surface area (Å²) in [5.41, 5.74) is -2.40. The molecule has 0 bridgehead atoms. The summed E-state index contributed by atoms with van der Waals surface area (Å²) < 4.78 is 4.80. The van der Waals surface area contributed by atoms with Crippen LogP contribution in [0.2, 0.25) is 0 Å². The molecule has 1 radical (unpaired) electrons. The molecule has 2 unspecified atom stereocenters. The Bertz CT molecular complexity index is 741. The van der Waals surface area contributed by atoms with Gasteiger partial charge in [-0.2, -0.15) is 0 Å². The minimum absolute atomic E-state index is 0.0397. The Morgan fingerprint density at radius 3 is 2.04 bits per heavy atom. The molecule has 121 valence electrons. The standard InChI is InChI=1S/C18H13O6/c19-11-18(17(22)23,14-9-5-2-6-10-14)16(21)15(24-12-20)13-7-3-1-4-8-13/h1-10,12,15H,(H,22,23). The number of benzene rings is 2. The number of carboxylic acid groups (broad SMARTS) is 1. The first kappa shape index (κ1) is 17.1. The molecule has 6 heteroatoms. The fourth-order valence-electron chi connectivity index (χ4n) is 2.38. The van der Waals surface area contributed by atoms with E-state index in [4.69, 9.17) is 4.74 Å². The predicted octanol–water partition coefficient (Wildman–Crippen LogP) is 1.60. The monoisotopic (exact) mass is 325 g/mol. The summed E-state index contributed by atoms with van der Waals surface area (Å²) in [4.78, 5) is 47.1. The van der Waals surface area contributed by atoms with E-state index in [0.29, 0.717) is 0 Å². The van der Waals surface area contributed by atoms with Gasteiger partial charge in [0.15, 0.2) is 6.10 Å². The van der Waals surface area contributed by atoms with Crippen molar-refractivity contribution in [1.82, 2.24) is 0 Å². The smallest absolute Gasteiger partial charge is 0.330 e. The van der Waals surface area contributed by atoms with Crippen molar-refractivity contribution in [3.8, 4) is 0 Å². The molecule has 1 N–H and O–H groups in total. The number of hydrogen-bond acceptors (Lipinski definition) is 5. The third-order valence-electron chi connectivity index (χ3n) is 3.58. The van der Waals surface area contributed by atoms with Crippen LogP contribution in [-0.2, 0) is 29.3 Å². The van der Waals surface area contributed by atoms with E-state index < -0.39 is 23.3 Å². The molecule has 0 aliphatic heterocycles. The predicted molar refractivity (Wildman–Crippen MR) is 82.8 cm³/mol. The summed E-state index contributed by atoms with van der Waals surface area (Å²) in [6.07, 6.45) is -0.196. The van der Waals surface area contributed by atoms with Gasteiger partial charge in [0.2, 0.25) is 17.5 Å². The van der Waals surface area contributed by atoms with Gasteiger partial charge in [0, 0.05) is 5.56 Å². The van der Waals surface area contributed by atoms with Crippen LogP contribution in [-0.4, -0.2) is 29.6 Å². The van der Waals surface area contributed by atoms with Gasteiger partial charge in [-0.05, 0) is 5.56 Å². The van der Waals surface area contributed by atoms with E-state index in [0.717, 1.165) is 0 Å². The fourth-order valence-corrected chi connectivity index (χ4v) is 2.38. The topological polar surface area (TPSA) is 97.7 Å². The molecule has 2 rings (SSSR count). The second-order valence-corrected chi connectivity index (χ2v) is 4.91. The van der Waals surface area contributed by atoms with Crippen molar-refractivity contribution < 1.29 is 29.0 Å². The van der Waals surface area contributed by atoms with Gasteiger partial charge in [-0.3, -0.25) is 19.2 Å². The van der Waals surface area contributed by atoms with Crippen LogP contribution < -0.4 is 0 Å². The lowest BCUT2D eigenvalue weighted by atomic mass is 9.75. The third-order valence-corrected chi connectivity index (χ3v) is 3.58. The number of ether oxygens (including phenoxy) is 1. The Hall–Kier alpha value is -3.28. The van der Waals surface area contributed by atoms with Crippen LogP contribution >= 0.6 is 0 Å². The van der Waals surface area contributed by atoms with Gasteiger partial charge < -0.3 is 9.84 Å². The Balaban J connectivity index is 2.60. The van der Waals surface area contributed by atoms with Gasteiger partial charge in [-0.1, -0.05) is 60.7 Å². The average Bonchev–Trinajstić information content (AvgIpc) is 2.62. The summed E-state index contributed by atoms with van der Waals surface area (Å²) >= 11 is 0. The number of rotatable bonds is 8. The van der Waals surface area contributed by atoms with Gasteiger partial charge >= 0.3 is 5.97 Å². The molecule has 2 aromatic carbocycles. The van der Waals surface area contributed by atoms with Gasteiger partial charge in [0.25, 0.3) is 6.47 Å². The zero-order chi connectivity index (χ0) is 17.6. The number of hydrogen-bond donors (Lipinski definition) is 1. The molecular formula is C18H13O6. The molecule has 0 heterocycles. The molecule has 0 aromatic heterocycles. The van der Waals surface area contributed by atoms with Crippen LogP contribution in [0.3, 0.4) is 0 Å². The van der Waals surface area contributed by atoms with E-state index in [-0.39, 0.29) is 17.6 Å². The minimum atomic E-state index is -2.59. The highest BCUT2D eigenvalue weighted by Crippen LogP contribution is 2.32. The minimum Gasteiger partial charge on any atom is -0.480 e. The maximum atomic E-state index is 12.9. The van der Waals surface area contributed by atoms with Gasteiger partial charge in [0.05, 0.1) is 0 Å². The van der Waals surface area contributed by atoms with Gasteiger partial charge in [-0.15, -0.1) is 0 Å². The Morgan fingerprint density at radius 2 is 1.58 bits per heavy atom. The van der Waals surface area contributed by atoms with E-state index in [2.05, 4.69) is 0 Å². The Morgan fingerprint density at radius 1 is 1.04 bits per heavy atom. The molecular weight excluding hydrogens is 312 g/mol. The number of ketones is 1. The summed E-state index contributed by atoms with van der Waals surface area (Å²) in [6.45, 7) is 0.0397. The summed E-state index contributed by atoms with van der Waals surface area (Å²) in [6, 6.07) is 15.1. The molecule has 24 heavy (non-hydrogen) atoms. The van der Waals surface area contributed by atoms with E-state index in [9.17, 15) is 24.3 Å². The van der Waals surface area contributed by atoms with Crippen LogP contribution in [0.25, 0.3) is 0 Å². The van der Waals surface area contributed by atoms with E-state index in [1.165, 1.54) is 42.7 Å². The highest BCUT2D eigenvalue weighted by atomic mass is 16.5. The zero-order valence-electron chi connectivity index (χ0n) is 12.4. The second-order valence-electron chi connectivity index (χ2n) is 4.91. The molecule has 0 saturated heterocycles. The summed E-state index contributed by atoms with van der Waals surface area (Å²) in [7, 11) is 0. The molecule has 0 amide bonds. The SMILES string of the molecule is O=[C]C(C(=O)O)(C(=O)C(OC=O)c1ccccc1)c1ccccc1. The highest BCUT2D eigenvalue weighted by Gasteiger charge is 2.52. The van der Waals surface area contributed by atoms with Crippen LogP contribution in [0.4, 0.5) is 0 Å². The van der Waals surface area contributed by atoms with Crippen molar-refractivity contribution in [2.75, 3.05) is 0 Å². The lowest BCUT2D eigenvalue weighted by Gasteiger charge is -2.26. The van der Waals surface area contributed by atoms with E-state index >= 15 is 0 Å². The normalized spacial score (nSPS) is 14.0. The molecule has 6 nitrogen and oxygen atoms in total. The Labute approximate surface area is 137 Å². The molecule has 0 aliphatic rings. The van der Waals surface area contributed by atoms with Crippen LogP contribution in [0.5, 0.6) is 0 Å². The quantitative estimate of drug-likeness (QED) is 0.585. The van der Waals surface area contributed by atoms with Crippen LogP contribution in [0.1, 0.15) is 17.2 Å². The van der Waals surface area contributed by atoms with Crippen molar-refractivity contribution >= 4 is 24.5 Å². The van der Waals surface area contributed by atoms with E-state index in [1.54, 1.807) is 24.3 Å². The summed E-state index contributed by atoms with van der Waals surface area (Å²) in [5.74, 6) is -2.79. The first-order valence-electron chi connectivity index (χ1n) is 6.94. The Kier molecular flexibility index (Phi) is 5.21. The largest absolute Gasteiger partial charge is 0.480 e. The van der Waals surface area contributed by atoms with Crippen LogP contribution in [0, 0.1) is 0 Å². The zero-order valence-corrected chi connectivity index (χ0v) is 12.4. The summed E-state index contributed by atoms with van der Waals surface area (Å²) in [5, 5.41) is 9.58. The van der Waals surface area contributed by atoms with Crippen molar-refractivity contribution in [1.29, 1.82) is 0 Å². The number of Topliss-reactive ketones (excluding diaryl/α,β-unsaturated/α-hetero) is 1. The van der Waals surface area contributed by atoms with Gasteiger partial charge in [0.1, 0.15) is 0 Å². The van der Waals surface area contributed by atoms with E-state index in [1.807, 2.05) is 0 Å². The number of carboxylic acids is 1. The van der Waals surface area contributed by atoms with Crippen molar-refractivity contribution in [2.45, 2.75) is 11.5 Å². The molecule has 0 aliphatic carbocycles. The van der Waals surface area contributed by atoms with Crippen LogP contribution in [0.15, 0.2) is 60.7 Å². The van der Waals surface area contributed by atoms with Crippen molar-refractivity contribution in [3.05, 3.63) is 71.8 Å². The first-order valence-corrected chi connectivity index (χ1v) is 6.94. The number of carbonyl (C=O) groups excluding carboxylic acids is 3. The number of carbonyl (C=O) groups is 3. The molecule has 0 fully saturated rings. The molecule has 0 spiro atoms. The lowest BCUT2D eigenvalue weighted by Crippen LogP contribution is -2.48. The number of aliphatic carboxylic acids is 1. The second kappa shape index (κ2) is 7.32. The average molecular weight is 325 g/mol. The van der Waals surface area contributed by atoms with Crippen molar-refractivity contribution in [2.24, 2.45) is 0 Å². The fraction of sp³-hybridized carbons (Fsp3) is 0.111. The molecule has 2 aromatic rings. The highest BCUT2D eigenvalue weighted by molar-refractivity contribution is 6.23. The van der Waals surface area contributed by atoms with Gasteiger partial charge in [-0.25, -0.2) is 0 Å². The molecule has 0 saturated carbocycles. The molecule has 2 atom stereocenters. The lowest BCUT2D eigenvalue weighted by molar-refractivity contribution is -0.153. The van der Waals surface area contributed by atoms with Crippen molar-refractivity contribution in [3.63, 3.8) is 0 Å². The maximum Gasteiger partial charge on any atom is 0.330 e. The maximum absolute atomic E-state index is 12.9.